The van der Waals surface area contributed by atoms with E-state index in [0.717, 1.165) is 5.92 Å². The molecule has 1 aromatic rings. The molecule has 66 valence electrons. The van der Waals surface area contributed by atoms with Gasteiger partial charge in [0, 0.05) is 0 Å². The molecule has 0 saturated heterocycles. The Kier molecular flexibility index (Phi) is 3.30. The van der Waals surface area contributed by atoms with Gasteiger partial charge < -0.3 is 5.48 Å². The summed E-state index contributed by atoms with van der Waals surface area (Å²) in [6, 6.07) is 10.9. The SMILES string of the molecule is O.c1ccc(C2CCCC2)cc1. The lowest BCUT2D eigenvalue weighted by molar-refractivity contribution is 0.723. The van der Waals surface area contributed by atoms with Crippen molar-refractivity contribution in [1.82, 2.24) is 0 Å². The normalized spacial score (nSPS) is 17.3. The van der Waals surface area contributed by atoms with E-state index in [2.05, 4.69) is 30.3 Å². The Morgan fingerprint density at radius 2 is 1.50 bits per heavy atom. The quantitative estimate of drug-likeness (QED) is 0.611. The Morgan fingerprint density at radius 3 is 2.08 bits per heavy atom. The highest BCUT2D eigenvalue weighted by Gasteiger charge is 2.15. The second-order valence-electron chi connectivity index (χ2n) is 3.39. The third kappa shape index (κ3) is 1.86. The molecule has 1 saturated carbocycles. The van der Waals surface area contributed by atoms with E-state index >= 15 is 0 Å². The highest BCUT2D eigenvalue weighted by Crippen LogP contribution is 2.33. The zero-order valence-electron chi connectivity index (χ0n) is 7.29. The molecule has 0 aromatic heterocycles. The highest BCUT2D eigenvalue weighted by molar-refractivity contribution is 5.19. The number of hydrogen-bond donors (Lipinski definition) is 0. The van der Waals surface area contributed by atoms with Gasteiger partial charge in [0.2, 0.25) is 0 Å². The van der Waals surface area contributed by atoms with Crippen molar-refractivity contribution in [3.8, 4) is 0 Å². The summed E-state index contributed by atoms with van der Waals surface area (Å²) in [6.45, 7) is 0. The van der Waals surface area contributed by atoms with E-state index in [4.69, 9.17) is 0 Å². The third-order valence-electron chi connectivity index (χ3n) is 2.63. The van der Waals surface area contributed by atoms with Crippen molar-refractivity contribution >= 4 is 0 Å². The van der Waals surface area contributed by atoms with Crippen molar-refractivity contribution in [3.05, 3.63) is 35.9 Å². The van der Waals surface area contributed by atoms with Crippen LogP contribution in [-0.2, 0) is 0 Å². The molecule has 0 atom stereocenters. The van der Waals surface area contributed by atoms with Crippen LogP contribution in [0.25, 0.3) is 0 Å². The Bertz CT molecular complexity index is 212. The van der Waals surface area contributed by atoms with E-state index < -0.39 is 0 Å². The molecule has 1 nitrogen and oxygen atoms in total. The molecule has 0 unspecified atom stereocenters. The molecule has 2 rings (SSSR count). The van der Waals surface area contributed by atoms with Crippen LogP contribution < -0.4 is 0 Å². The second-order valence-corrected chi connectivity index (χ2v) is 3.39. The van der Waals surface area contributed by atoms with Crippen LogP contribution in [0.1, 0.15) is 37.2 Å². The van der Waals surface area contributed by atoms with Crippen molar-refractivity contribution in [2.45, 2.75) is 31.6 Å². The summed E-state index contributed by atoms with van der Waals surface area (Å²) in [7, 11) is 0. The number of rotatable bonds is 1. The fourth-order valence-corrected chi connectivity index (χ4v) is 1.98. The van der Waals surface area contributed by atoms with Crippen LogP contribution in [0.15, 0.2) is 30.3 Å². The monoisotopic (exact) mass is 164 g/mol. The van der Waals surface area contributed by atoms with E-state index in [1.165, 1.54) is 25.7 Å². The molecule has 1 aromatic carbocycles. The average molecular weight is 164 g/mol. The van der Waals surface area contributed by atoms with E-state index in [0.29, 0.717) is 0 Å². The first-order valence-corrected chi connectivity index (χ1v) is 4.52. The molecule has 1 aliphatic rings. The minimum absolute atomic E-state index is 0. The van der Waals surface area contributed by atoms with Crippen LogP contribution in [0.2, 0.25) is 0 Å². The molecule has 12 heavy (non-hydrogen) atoms. The Labute approximate surface area is 73.7 Å². The lowest BCUT2D eigenvalue weighted by atomic mass is 9.98. The predicted molar refractivity (Wildman–Crippen MR) is 51.3 cm³/mol. The summed E-state index contributed by atoms with van der Waals surface area (Å²) < 4.78 is 0. The van der Waals surface area contributed by atoms with Gasteiger partial charge in [-0.1, -0.05) is 43.2 Å². The molecule has 0 heterocycles. The van der Waals surface area contributed by atoms with Gasteiger partial charge in [-0.2, -0.15) is 0 Å². The van der Waals surface area contributed by atoms with Gasteiger partial charge in [-0.15, -0.1) is 0 Å². The van der Waals surface area contributed by atoms with Crippen molar-refractivity contribution in [2.75, 3.05) is 0 Å². The zero-order valence-corrected chi connectivity index (χ0v) is 7.29. The smallest absolute Gasteiger partial charge is 0.0162 e. The van der Waals surface area contributed by atoms with Gasteiger partial charge in [-0.05, 0) is 24.3 Å². The van der Waals surface area contributed by atoms with Gasteiger partial charge in [0.05, 0.1) is 0 Å². The van der Waals surface area contributed by atoms with Gasteiger partial charge in [-0.25, -0.2) is 0 Å². The number of hydrogen-bond acceptors (Lipinski definition) is 0. The van der Waals surface area contributed by atoms with E-state index in [-0.39, 0.29) is 5.48 Å². The van der Waals surface area contributed by atoms with E-state index in [1.54, 1.807) is 5.56 Å². The van der Waals surface area contributed by atoms with Gasteiger partial charge in [0.15, 0.2) is 0 Å². The van der Waals surface area contributed by atoms with Crippen molar-refractivity contribution in [1.29, 1.82) is 0 Å². The Morgan fingerprint density at radius 1 is 0.917 bits per heavy atom. The van der Waals surface area contributed by atoms with Crippen molar-refractivity contribution in [2.24, 2.45) is 0 Å². The Hall–Kier alpha value is -0.820. The van der Waals surface area contributed by atoms with Crippen LogP contribution in [0.3, 0.4) is 0 Å². The molecular weight excluding hydrogens is 148 g/mol. The van der Waals surface area contributed by atoms with Crippen LogP contribution in [-0.4, -0.2) is 5.48 Å². The average Bonchev–Trinajstić information content (AvgIpc) is 2.58. The van der Waals surface area contributed by atoms with Crippen LogP contribution in [0, 0.1) is 0 Å². The molecular formula is C11H16O. The molecule has 1 aliphatic carbocycles. The molecule has 1 heteroatoms. The van der Waals surface area contributed by atoms with Crippen LogP contribution >= 0.6 is 0 Å². The first-order chi connectivity index (χ1) is 5.47. The van der Waals surface area contributed by atoms with Crippen molar-refractivity contribution < 1.29 is 5.48 Å². The maximum absolute atomic E-state index is 2.26. The molecule has 0 spiro atoms. The molecule has 0 radical (unpaired) electrons. The highest BCUT2D eigenvalue weighted by atomic mass is 16.0. The van der Waals surface area contributed by atoms with E-state index in [1.807, 2.05) is 0 Å². The molecule has 1 fully saturated rings. The maximum Gasteiger partial charge on any atom is -0.0162 e. The second kappa shape index (κ2) is 4.27. The molecule has 0 amide bonds. The van der Waals surface area contributed by atoms with Gasteiger partial charge in [0.25, 0.3) is 0 Å². The summed E-state index contributed by atoms with van der Waals surface area (Å²) in [6.07, 6.45) is 5.67. The van der Waals surface area contributed by atoms with Crippen molar-refractivity contribution in [3.63, 3.8) is 0 Å². The largest absolute Gasteiger partial charge is 0.412 e. The summed E-state index contributed by atoms with van der Waals surface area (Å²) in [5.41, 5.74) is 1.55. The lowest BCUT2D eigenvalue weighted by Crippen LogP contribution is -1.89. The van der Waals surface area contributed by atoms with Gasteiger partial charge >= 0.3 is 0 Å². The minimum Gasteiger partial charge on any atom is -0.412 e. The molecule has 0 bridgehead atoms. The fourth-order valence-electron chi connectivity index (χ4n) is 1.98. The standard InChI is InChI=1S/C11H14.H2O/c1-2-6-10(7-3-1)11-8-4-5-9-11;/h1-3,6-7,11H,4-5,8-9H2;1H2. The summed E-state index contributed by atoms with van der Waals surface area (Å²) in [4.78, 5) is 0. The zero-order chi connectivity index (χ0) is 7.52. The predicted octanol–water partition coefficient (Wildman–Crippen LogP) is 2.52. The van der Waals surface area contributed by atoms with Crippen LogP contribution in [0.4, 0.5) is 0 Å². The summed E-state index contributed by atoms with van der Waals surface area (Å²) in [5.74, 6) is 0.871. The van der Waals surface area contributed by atoms with Gasteiger partial charge in [0.1, 0.15) is 0 Å². The first-order valence-electron chi connectivity index (χ1n) is 4.52. The molecule has 2 N–H and O–H groups in total. The lowest BCUT2D eigenvalue weighted by Gasteiger charge is -2.07. The molecule has 0 aliphatic heterocycles. The van der Waals surface area contributed by atoms with E-state index in [9.17, 15) is 0 Å². The first kappa shape index (κ1) is 9.27. The topological polar surface area (TPSA) is 31.5 Å². The minimum atomic E-state index is 0. The maximum atomic E-state index is 2.26. The fraction of sp³-hybridized carbons (Fsp3) is 0.455. The van der Waals surface area contributed by atoms with Gasteiger partial charge in [-0.3, -0.25) is 0 Å². The summed E-state index contributed by atoms with van der Waals surface area (Å²) in [5, 5.41) is 0. The van der Waals surface area contributed by atoms with Crippen LogP contribution in [0.5, 0.6) is 0 Å². The number of benzene rings is 1. The third-order valence-corrected chi connectivity index (χ3v) is 2.63. The Balaban J connectivity index is 0.000000720. The summed E-state index contributed by atoms with van der Waals surface area (Å²) >= 11 is 0.